The van der Waals surface area contributed by atoms with Crippen molar-refractivity contribution in [2.45, 2.75) is 13.8 Å². The minimum atomic E-state index is -0.120. The molecular formula is C7H10O2. The van der Waals surface area contributed by atoms with Crippen molar-refractivity contribution >= 4 is 5.97 Å². The summed E-state index contributed by atoms with van der Waals surface area (Å²) in [7, 11) is 0. The summed E-state index contributed by atoms with van der Waals surface area (Å²) < 4.78 is 4.64. The van der Waals surface area contributed by atoms with Crippen molar-refractivity contribution in [3.8, 4) is 0 Å². The Morgan fingerprint density at radius 3 is 2.67 bits per heavy atom. The monoisotopic (exact) mass is 126 g/mol. The molecule has 50 valence electrons. The van der Waals surface area contributed by atoms with E-state index >= 15 is 0 Å². The van der Waals surface area contributed by atoms with Crippen LogP contribution in [0.1, 0.15) is 13.8 Å². The largest absolute Gasteiger partial charge is 0.435 e. The Balaban J connectivity index is 2.69. The summed E-state index contributed by atoms with van der Waals surface area (Å²) >= 11 is 0. The second kappa shape index (κ2) is 2.21. The van der Waals surface area contributed by atoms with Gasteiger partial charge in [0.25, 0.3) is 0 Å². The van der Waals surface area contributed by atoms with Gasteiger partial charge >= 0.3 is 5.97 Å². The Hall–Kier alpha value is -0.790. The minimum absolute atomic E-state index is 0.0231. The van der Waals surface area contributed by atoms with Crippen molar-refractivity contribution in [3.05, 3.63) is 12.3 Å². The van der Waals surface area contributed by atoms with Crippen molar-refractivity contribution in [3.63, 3.8) is 0 Å². The van der Waals surface area contributed by atoms with Crippen LogP contribution in [0.15, 0.2) is 12.3 Å². The van der Waals surface area contributed by atoms with Gasteiger partial charge in [-0.05, 0) is 12.0 Å². The van der Waals surface area contributed by atoms with Crippen LogP contribution in [-0.4, -0.2) is 5.97 Å². The smallest absolute Gasteiger partial charge is 0.314 e. The van der Waals surface area contributed by atoms with Crippen LogP contribution in [-0.2, 0) is 9.53 Å². The third kappa shape index (κ3) is 1.12. The standard InChI is InChI=1S/C7H10O2/c1-5-3-4-9-7(8)6(5)2/h3-6H,1-2H3. The second-order valence-corrected chi connectivity index (χ2v) is 2.41. The lowest BCUT2D eigenvalue weighted by molar-refractivity contribution is -0.144. The van der Waals surface area contributed by atoms with Gasteiger partial charge in [-0.25, -0.2) is 0 Å². The average molecular weight is 126 g/mol. The van der Waals surface area contributed by atoms with Crippen LogP contribution in [0.25, 0.3) is 0 Å². The Morgan fingerprint density at radius 1 is 1.56 bits per heavy atom. The van der Waals surface area contributed by atoms with Crippen molar-refractivity contribution in [2.75, 3.05) is 0 Å². The molecular weight excluding hydrogens is 116 g/mol. The van der Waals surface area contributed by atoms with Gasteiger partial charge in [0.15, 0.2) is 0 Å². The number of ether oxygens (including phenoxy) is 1. The maximum Gasteiger partial charge on any atom is 0.314 e. The maximum absolute atomic E-state index is 10.7. The molecule has 0 spiro atoms. The molecule has 0 radical (unpaired) electrons. The lowest BCUT2D eigenvalue weighted by atomic mass is 9.95. The predicted molar refractivity (Wildman–Crippen MR) is 33.6 cm³/mol. The van der Waals surface area contributed by atoms with Crippen molar-refractivity contribution in [2.24, 2.45) is 11.8 Å². The van der Waals surface area contributed by atoms with Gasteiger partial charge < -0.3 is 4.74 Å². The number of allylic oxidation sites excluding steroid dienone is 1. The minimum Gasteiger partial charge on any atom is -0.435 e. The van der Waals surface area contributed by atoms with Crippen LogP contribution in [0.5, 0.6) is 0 Å². The zero-order valence-corrected chi connectivity index (χ0v) is 5.63. The summed E-state index contributed by atoms with van der Waals surface area (Å²) in [6.07, 6.45) is 3.36. The lowest BCUT2D eigenvalue weighted by Crippen LogP contribution is -2.21. The van der Waals surface area contributed by atoms with Crippen LogP contribution in [0.3, 0.4) is 0 Å². The molecule has 1 aliphatic heterocycles. The molecule has 1 aliphatic rings. The molecule has 0 N–H and O–H groups in total. The number of cyclic esters (lactones) is 1. The van der Waals surface area contributed by atoms with Crippen LogP contribution >= 0.6 is 0 Å². The Labute approximate surface area is 54.5 Å². The molecule has 0 aromatic rings. The number of hydrogen-bond acceptors (Lipinski definition) is 2. The van der Waals surface area contributed by atoms with E-state index in [0.29, 0.717) is 5.92 Å². The molecule has 0 aliphatic carbocycles. The number of hydrogen-bond donors (Lipinski definition) is 0. The molecule has 0 fully saturated rings. The fourth-order valence-electron chi connectivity index (χ4n) is 0.719. The van der Waals surface area contributed by atoms with Crippen molar-refractivity contribution < 1.29 is 9.53 Å². The van der Waals surface area contributed by atoms with Gasteiger partial charge in [-0.1, -0.05) is 13.8 Å². The number of rotatable bonds is 0. The quantitative estimate of drug-likeness (QED) is 0.458. The van der Waals surface area contributed by atoms with Crippen LogP contribution < -0.4 is 0 Å². The van der Waals surface area contributed by atoms with Gasteiger partial charge in [0.1, 0.15) is 0 Å². The highest BCUT2D eigenvalue weighted by molar-refractivity contribution is 5.74. The molecule has 2 atom stereocenters. The fraction of sp³-hybridized carbons (Fsp3) is 0.571. The third-order valence-corrected chi connectivity index (χ3v) is 1.73. The molecule has 1 heterocycles. The zero-order valence-electron chi connectivity index (χ0n) is 5.63. The van der Waals surface area contributed by atoms with Crippen LogP contribution in [0, 0.1) is 11.8 Å². The lowest BCUT2D eigenvalue weighted by Gasteiger charge is -2.17. The van der Waals surface area contributed by atoms with E-state index in [0.717, 1.165) is 0 Å². The molecule has 0 aromatic heterocycles. The Bertz CT molecular complexity index is 149. The van der Waals surface area contributed by atoms with Gasteiger partial charge in [-0.3, -0.25) is 4.79 Å². The molecule has 0 aromatic carbocycles. The van der Waals surface area contributed by atoms with E-state index < -0.39 is 0 Å². The summed E-state index contributed by atoms with van der Waals surface area (Å²) in [5, 5.41) is 0. The molecule has 2 heteroatoms. The molecule has 0 saturated heterocycles. The molecule has 9 heavy (non-hydrogen) atoms. The normalized spacial score (nSPS) is 34.2. The SMILES string of the molecule is CC1C=COC(=O)C1C. The highest BCUT2D eigenvalue weighted by Gasteiger charge is 2.22. The van der Waals surface area contributed by atoms with Gasteiger partial charge in [-0.2, -0.15) is 0 Å². The number of carbonyl (C=O) groups excluding carboxylic acids is 1. The summed E-state index contributed by atoms with van der Waals surface area (Å²) in [6.45, 7) is 3.87. The number of carbonyl (C=O) groups is 1. The topological polar surface area (TPSA) is 26.3 Å². The first-order valence-corrected chi connectivity index (χ1v) is 3.09. The Morgan fingerprint density at radius 2 is 2.22 bits per heavy atom. The summed E-state index contributed by atoms with van der Waals surface area (Å²) in [6, 6.07) is 0. The van der Waals surface area contributed by atoms with E-state index in [2.05, 4.69) is 4.74 Å². The van der Waals surface area contributed by atoms with Gasteiger partial charge in [0.05, 0.1) is 12.2 Å². The zero-order chi connectivity index (χ0) is 6.85. The summed E-state index contributed by atoms with van der Waals surface area (Å²) in [5.74, 6) is 0.228. The van der Waals surface area contributed by atoms with E-state index in [1.54, 1.807) is 0 Å². The van der Waals surface area contributed by atoms with Crippen molar-refractivity contribution in [1.29, 1.82) is 0 Å². The first kappa shape index (κ1) is 6.33. The number of esters is 1. The van der Waals surface area contributed by atoms with Crippen LogP contribution in [0.2, 0.25) is 0 Å². The third-order valence-electron chi connectivity index (χ3n) is 1.73. The van der Waals surface area contributed by atoms with Gasteiger partial charge in [0.2, 0.25) is 0 Å². The van der Waals surface area contributed by atoms with E-state index in [1.807, 2.05) is 19.9 Å². The Kier molecular flexibility index (Phi) is 1.56. The first-order chi connectivity index (χ1) is 4.22. The molecule has 0 saturated carbocycles. The molecule has 2 unspecified atom stereocenters. The van der Waals surface area contributed by atoms with E-state index in [4.69, 9.17) is 0 Å². The average Bonchev–Trinajstić information content (AvgIpc) is 1.83. The van der Waals surface area contributed by atoms with E-state index in [9.17, 15) is 4.79 Å². The molecule has 0 amide bonds. The molecule has 1 rings (SSSR count). The van der Waals surface area contributed by atoms with Crippen molar-refractivity contribution in [1.82, 2.24) is 0 Å². The summed E-state index contributed by atoms with van der Waals surface area (Å²) in [4.78, 5) is 10.7. The maximum atomic E-state index is 10.7. The first-order valence-electron chi connectivity index (χ1n) is 3.09. The fourth-order valence-corrected chi connectivity index (χ4v) is 0.719. The molecule has 0 bridgehead atoms. The second-order valence-electron chi connectivity index (χ2n) is 2.41. The highest BCUT2D eigenvalue weighted by Crippen LogP contribution is 2.18. The molecule has 2 nitrogen and oxygen atoms in total. The van der Waals surface area contributed by atoms with E-state index in [-0.39, 0.29) is 11.9 Å². The van der Waals surface area contributed by atoms with Crippen LogP contribution in [0.4, 0.5) is 0 Å². The predicted octanol–water partition coefficient (Wildman–Crippen LogP) is 1.33. The summed E-state index contributed by atoms with van der Waals surface area (Å²) in [5.41, 5.74) is 0. The van der Waals surface area contributed by atoms with Gasteiger partial charge in [0, 0.05) is 0 Å². The van der Waals surface area contributed by atoms with E-state index in [1.165, 1.54) is 6.26 Å². The highest BCUT2D eigenvalue weighted by atomic mass is 16.5. The van der Waals surface area contributed by atoms with Gasteiger partial charge in [-0.15, -0.1) is 0 Å².